The fourth-order valence-electron chi connectivity index (χ4n) is 2.14. The van der Waals surface area contributed by atoms with Crippen molar-refractivity contribution in [2.24, 2.45) is 0 Å². The fourth-order valence-corrected chi connectivity index (χ4v) is 2.38. The lowest BCUT2D eigenvalue weighted by molar-refractivity contribution is 0.0168. The predicted octanol–water partition coefficient (Wildman–Crippen LogP) is 4.33. The maximum atomic E-state index is 13.1. The molecule has 0 N–H and O–H groups in total. The Hall–Kier alpha value is -0.600. The highest BCUT2D eigenvalue weighted by Gasteiger charge is 2.13. The van der Waals surface area contributed by atoms with Crippen molar-refractivity contribution < 1.29 is 9.13 Å². The van der Waals surface area contributed by atoms with Crippen molar-refractivity contribution in [2.45, 2.75) is 44.8 Å². The first-order chi connectivity index (χ1) is 7.74. The number of rotatable bonds is 3. The third-order valence-electron chi connectivity index (χ3n) is 2.96. The molecule has 0 heterocycles. The predicted molar refractivity (Wildman–Crippen MR) is 63.1 cm³/mol. The molecule has 1 aromatic rings. The van der Waals surface area contributed by atoms with E-state index in [1.165, 1.54) is 31.4 Å². The highest BCUT2D eigenvalue weighted by atomic mass is 35.5. The molecular weight excluding hydrogens is 227 g/mol. The van der Waals surface area contributed by atoms with Crippen LogP contribution in [0.5, 0.6) is 0 Å². The van der Waals surface area contributed by atoms with Gasteiger partial charge in [-0.2, -0.15) is 0 Å². The molecule has 0 radical (unpaired) electrons. The van der Waals surface area contributed by atoms with Gasteiger partial charge in [0.25, 0.3) is 0 Å². The molecular formula is C13H16ClFO. The molecule has 1 aliphatic carbocycles. The van der Waals surface area contributed by atoms with Crippen LogP contribution >= 0.6 is 11.6 Å². The van der Waals surface area contributed by atoms with Gasteiger partial charge >= 0.3 is 0 Å². The number of hydrogen-bond donors (Lipinski definition) is 0. The van der Waals surface area contributed by atoms with E-state index in [4.69, 9.17) is 16.3 Å². The largest absolute Gasteiger partial charge is 0.374 e. The molecule has 0 aromatic heterocycles. The Morgan fingerprint density at radius 2 is 1.94 bits per heavy atom. The van der Waals surface area contributed by atoms with Crippen molar-refractivity contribution in [3.63, 3.8) is 0 Å². The second-order valence-electron chi connectivity index (χ2n) is 4.35. The molecule has 1 fully saturated rings. The Morgan fingerprint density at radius 1 is 1.19 bits per heavy atom. The van der Waals surface area contributed by atoms with E-state index in [1.54, 1.807) is 6.07 Å². The van der Waals surface area contributed by atoms with Crippen LogP contribution in [0, 0.1) is 5.82 Å². The first-order valence-corrected chi connectivity index (χ1v) is 6.18. The third-order valence-corrected chi connectivity index (χ3v) is 3.18. The highest BCUT2D eigenvalue weighted by Crippen LogP contribution is 2.22. The average molecular weight is 243 g/mol. The molecule has 16 heavy (non-hydrogen) atoms. The van der Waals surface area contributed by atoms with Gasteiger partial charge in [-0.25, -0.2) is 4.39 Å². The van der Waals surface area contributed by atoms with Crippen molar-refractivity contribution >= 4 is 11.6 Å². The van der Waals surface area contributed by atoms with Crippen LogP contribution in [0.15, 0.2) is 18.2 Å². The van der Waals surface area contributed by atoms with E-state index in [0.29, 0.717) is 17.7 Å². The molecule has 88 valence electrons. The average Bonchev–Trinajstić information content (AvgIpc) is 2.27. The van der Waals surface area contributed by atoms with Crippen molar-refractivity contribution in [1.29, 1.82) is 0 Å². The number of benzene rings is 1. The summed E-state index contributed by atoms with van der Waals surface area (Å²) in [6.07, 6.45) is 6.40. The van der Waals surface area contributed by atoms with E-state index in [9.17, 15) is 4.39 Å². The standard InChI is InChI=1S/C13H16ClFO/c14-11-6-10(7-12(15)8-11)9-16-13-4-2-1-3-5-13/h6-8,13H,1-5,9H2. The first kappa shape index (κ1) is 11.9. The summed E-state index contributed by atoms with van der Waals surface area (Å²) in [4.78, 5) is 0. The van der Waals surface area contributed by atoms with E-state index >= 15 is 0 Å². The van der Waals surface area contributed by atoms with E-state index in [1.807, 2.05) is 0 Å². The summed E-state index contributed by atoms with van der Waals surface area (Å²) in [5.41, 5.74) is 0.815. The van der Waals surface area contributed by atoms with Crippen molar-refractivity contribution in [1.82, 2.24) is 0 Å². The fraction of sp³-hybridized carbons (Fsp3) is 0.538. The number of ether oxygens (including phenoxy) is 1. The van der Waals surface area contributed by atoms with E-state index < -0.39 is 0 Å². The molecule has 0 unspecified atom stereocenters. The molecule has 0 aliphatic heterocycles. The van der Waals surface area contributed by atoms with Gasteiger partial charge in [0.2, 0.25) is 0 Å². The van der Waals surface area contributed by atoms with E-state index in [0.717, 1.165) is 18.4 Å². The van der Waals surface area contributed by atoms with Gasteiger partial charge in [-0.05, 0) is 36.6 Å². The smallest absolute Gasteiger partial charge is 0.125 e. The summed E-state index contributed by atoms with van der Waals surface area (Å²) in [6.45, 7) is 0.460. The summed E-state index contributed by atoms with van der Waals surface area (Å²) in [6, 6.07) is 4.55. The molecule has 0 bridgehead atoms. The second kappa shape index (κ2) is 5.65. The van der Waals surface area contributed by atoms with Crippen LogP contribution in [-0.4, -0.2) is 6.10 Å². The Kier molecular flexibility index (Phi) is 4.19. The lowest BCUT2D eigenvalue weighted by Crippen LogP contribution is -2.16. The lowest BCUT2D eigenvalue weighted by Gasteiger charge is -2.22. The van der Waals surface area contributed by atoms with Gasteiger partial charge in [0.15, 0.2) is 0 Å². The third kappa shape index (κ3) is 3.46. The van der Waals surface area contributed by atoms with Crippen LogP contribution < -0.4 is 0 Å². The van der Waals surface area contributed by atoms with Crippen molar-refractivity contribution in [3.05, 3.63) is 34.6 Å². The molecule has 1 aliphatic rings. The van der Waals surface area contributed by atoms with Gasteiger partial charge < -0.3 is 4.74 Å². The normalized spacial score (nSPS) is 17.6. The molecule has 0 saturated heterocycles. The Labute approximate surface area is 101 Å². The SMILES string of the molecule is Fc1cc(Cl)cc(COC2CCCCC2)c1. The minimum Gasteiger partial charge on any atom is -0.374 e. The van der Waals surface area contributed by atoms with Gasteiger partial charge in [0.1, 0.15) is 5.82 Å². The molecule has 1 nitrogen and oxygen atoms in total. The summed E-state index contributed by atoms with van der Waals surface area (Å²) in [5.74, 6) is -0.297. The summed E-state index contributed by atoms with van der Waals surface area (Å²) in [7, 11) is 0. The summed E-state index contributed by atoms with van der Waals surface area (Å²) in [5, 5.41) is 0.433. The minimum absolute atomic E-state index is 0.297. The maximum Gasteiger partial charge on any atom is 0.125 e. The van der Waals surface area contributed by atoms with Crippen molar-refractivity contribution in [3.8, 4) is 0 Å². The highest BCUT2D eigenvalue weighted by molar-refractivity contribution is 6.30. The van der Waals surface area contributed by atoms with Crippen LogP contribution in [0.1, 0.15) is 37.7 Å². The van der Waals surface area contributed by atoms with Gasteiger partial charge in [-0.1, -0.05) is 30.9 Å². The van der Waals surface area contributed by atoms with Gasteiger partial charge in [0.05, 0.1) is 12.7 Å². The van der Waals surface area contributed by atoms with Gasteiger partial charge in [0, 0.05) is 5.02 Å². The molecule has 0 amide bonds. The maximum absolute atomic E-state index is 13.1. The van der Waals surface area contributed by atoms with Crippen LogP contribution in [0.2, 0.25) is 5.02 Å². The number of halogens is 2. The number of hydrogen-bond acceptors (Lipinski definition) is 1. The Bertz CT molecular complexity index is 328. The van der Waals surface area contributed by atoms with Crippen LogP contribution in [0.25, 0.3) is 0 Å². The Morgan fingerprint density at radius 3 is 2.62 bits per heavy atom. The van der Waals surface area contributed by atoms with Crippen LogP contribution in [-0.2, 0) is 11.3 Å². The molecule has 3 heteroatoms. The van der Waals surface area contributed by atoms with E-state index in [-0.39, 0.29) is 5.82 Å². The lowest BCUT2D eigenvalue weighted by atomic mass is 9.98. The summed E-state index contributed by atoms with van der Waals surface area (Å²) >= 11 is 5.78. The monoisotopic (exact) mass is 242 g/mol. The molecule has 1 saturated carbocycles. The topological polar surface area (TPSA) is 9.23 Å². The van der Waals surface area contributed by atoms with Crippen LogP contribution in [0.4, 0.5) is 4.39 Å². The Balaban J connectivity index is 1.88. The minimum atomic E-state index is -0.297. The molecule has 0 atom stereocenters. The zero-order valence-electron chi connectivity index (χ0n) is 9.22. The zero-order valence-corrected chi connectivity index (χ0v) is 9.97. The van der Waals surface area contributed by atoms with Gasteiger partial charge in [-0.3, -0.25) is 0 Å². The zero-order chi connectivity index (χ0) is 11.4. The second-order valence-corrected chi connectivity index (χ2v) is 4.79. The van der Waals surface area contributed by atoms with Gasteiger partial charge in [-0.15, -0.1) is 0 Å². The quantitative estimate of drug-likeness (QED) is 0.767. The molecule has 1 aromatic carbocycles. The molecule has 0 spiro atoms. The summed E-state index contributed by atoms with van der Waals surface area (Å²) < 4.78 is 18.8. The first-order valence-electron chi connectivity index (χ1n) is 5.80. The van der Waals surface area contributed by atoms with Crippen molar-refractivity contribution in [2.75, 3.05) is 0 Å². The van der Waals surface area contributed by atoms with E-state index in [2.05, 4.69) is 0 Å². The molecule has 2 rings (SSSR count). The van der Waals surface area contributed by atoms with Crippen LogP contribution in [0.3, 0.4) is 0 Å².